The smallest absolute Gasteiger partial charge is 0.284 e. The summed E-state index contributed by atoms with van der Waals surface area (Å²) >= 11 is 1.47. The molecule has 7 heteroatoms. The van der Waals surface area contributed by atoms with Gasteiger partial charge in [0.15, 0.2) is 0 Å². The Bertz CT molecular complexity index is 1410. The van der Waals surface area contributed by atoms with E-state index in [1.807, 2.05) is 36.4 Å². The van der Waals surface area contributed by atoms with Gasteiger partial charge in [0, 0.05) is 47.9 Å². The number of pyridine rings is 1. The van der Waals surface area contributed by atoms with Gasteiger partial charge >= 0.3 is 0 Å². The lowest BCUT2D eigenvalue weighted by Gasteiger charge is -2.22. The topological polar surface area (TPSA) is 77.8 Å². The van der Waals surface area contributed by atoms with E-state index >= 15 is 0 Å². The Labute approximate surface area is 201 Å². The molecular weight excluding hydrogens is 444 g/mol. The highest BCUT2D eigenvalue weighted by Gasteiger charge is 2.35. The van der Waals surface area contributed by atoms with Gasteiger partial charge in [-0.05, 0) is 47.0 Å². The van der Waals surface area contributed by atoms with Crippen molar-refractivity contribution >= 4 is 23.0 Å². The molecule has 2 aliphatic rings. The molecule has 34 heavy (non-hydrogen) atoms. The van der Waals surface area contributed by atoms with Crippen LogP contribution in [0.25, 0.3) is 10.4 Å². The number of aromatic hydroxyl groups is 1. The van der Waals surface area contributed by atoms with Gasteiger partial charge in [0.05, 0.1) is 16.6 Å². The zero-order chi connectivity index (χ0) is 23.1. The van der Waals surface area contributed by atoms with Gasteiger partial charge in [0.1, 0.15) is 5.75 Å². The molecule has 4 aromatic rings. The molecule has 1 unspecified atom stereocenters. The Balaban J connectivity index is 1.35. The zero-order valence-electron chi connectivity index (χ0n) is 18.3. The molecule has 4 heterocycles. The fraction of sp³-hybridized carbons (Fsp3) is 0.148. The molecule has 2 aromatic heterocycles. The number of para-hydroxylation sites is 1. The first-order valence-corrected chi connectivity index (χ1v) is 12.0. The van der Waals surface area contributed by atoms with Gasteiger partial charge in [-0.2, -0.15) is 5.10 Å². The lowest BCUT2D eigenvalue weighted by atomic mass is 9.98. The van der Waals surface area contributed by atoms with Crippen LogP contribution in [0.3, 0.4) is 0 Å². The fourth-order valence-electron chi connectivity index (χ4n) is 4.59. The van der Waals surface area contributed by atoms with Gasteiger partial charge in [-0.3, -0.25) is 9.78 Å². The second-order valence-electron chi connectivity index (χ2n) is 8.47. The van der Waals surface area contributed by atoms with Crippen LogP contribution >= 0.6 is 11.3 Å². The largest absolute Gasteiger partial charge is 0.508 e. The minimum absolute atomic E-state index is 0.159. The average molecular weight is 467 g/mol. The number of thiophene rings is 1. The molecule has 1 amide bonds. The SMILES string of the molecule is O=C(c1ccc(-c2ccc3c(c2)CNC3)s1)N1N=C(c2cccnc2)CC1c1ccccc1O. The highest BCUT2D eigenvalue weighted by atomic mass is 32.1. The third kappa shape index (κ3) is 3.69. The molecule has 0 fully saturated rings. The molecule has 168 valence electrons. The Morgan fingerprint density at radius 1 is 1.00 bits per heavy atom. The van der Waals surface area contributed by atoms with E-state index in [4.69, 9.17) is 5.10 Å². The fourth-order valence-corrected chi connectivity index (χ4v) is 5.52. The summed E-state index contributed by atoms with van der Waals surface area (Å²) in [6.45, 7) is 1.78. The minimum Gasteiger partial charge on any atom is -0.508 e. The molecule has 2 aromatic carbocycles. The normalized spacial score (nSPS) is 17.0. The number of carbonyl (C=O) groups is 1. The quantitative estimate of drug-likeness (QED) is 0.438. The number of nitrogens with one attached hydrogen (secondary N) is 1. The maximum Gasteiger partial charge on any atom is 0.284 e. The van der Waals surface area contributed by atoms with Crippen LogP contribution in [0.1, 0.15) is 44.4 Å². The van der Waals surface area contributed by atoms with Crippen molar-refractivity contribution in [3.8, 4) is 16.2 Å². The third-order valence-corrected chi connectivity index (χ3v) is 7.47. The van der Waals surface area contributed by atoms with Crippen LogP contribution in [-0.4, -0.2) is 26.7 Å². The number of nitrogens with zero attached hydrogens (tertiary/aromatic N) is 3. The van der Waals surface area contributed by atoms with E-state index < -0.39 is 0 Å². The standard InChI is InChI=1S/C27H22N4O2S/c32-24-6-2-1-5-21(24)23-13-22(19-4-3-11-28-15-19)30-31(23)27(33)26-10-9-25(34-26)17-7-8-18-14-29-16-20(18)12-17/h1-12,15,23,29,32H,13-14,16H2. The van der Waals surface area contributed by atoms with Crippen molar-refractivity contribution in [1.29, 1.82) is 0 Å². The first-order chi connectivity index (χ1) is 16.7. The predicted molar refractivity (Wildman–Crippen MR) is 133 cm³/mol. The van der Waals surface area contributed by atoms with Crippen LogP contribution in [-0.2, 0) is 13.1 Å². The molecule has 2 aliphatic heterocycles. The Morgan fingerprint density at radius 2 is 1.88 bits per heavy atom. The van der Waals surface area contributed by atoms with Crippen LogP contribution in [0.2, 0.25) is 0 Å². The number of hydrogen-bond donors (Lipinski definition) is 2. The van der Waals surface area contributed by atoms with Gasteiger partial charge in [-0.15, -0.1) is 11.3 Å². The summed E-state index contributed by atoms with van der Waals surface area (Å²) in [5, 5.41) is 20.1. The van der Waals surface area contributed by atoms with Crippen molar-refractivity contribution < 1.29 is 9.90 Å². The van der Waals surface area contributed by atoms with Gasteiger partial charge < -0.3 is 10.4 Å². The van der Waals surface area contributed by atoms with E-state index in [0.29, 0.717) is 16.9 Å². The van der Waals surface area contributed by atoms with Crippen LogP contribution in [0.15, 0.2) is 84.2 Å². The van der Waals surface area contributed by atoms with Crippen molar-refractivity contribution in [1.82, 2.24) is 15.3 Å². The minimum atomic E-state index is -0.388. The first kappa shape index (κ1) is 20.8. The number of benzene rings is 2. The summed E-state index contributed by atoms with van der Waals surface area (Å²) in [5.41, 5.74) is 6.08. The number of phenolic OH excluding ortho intramolecular Hbond substituents is 1. The van der Waals surface area contributed by atoms with Crippen molar-refractivity contribution in [2.24, 2.45) is 5.10 Å². The van der Waals surface area contributed by atoms with E-state index in [9.17, 15) is 9.90 Å². The molecule has 0 bridgehead atoms. The molecule has 6 nitrogen and oxygen atoms in total. The number of aromatic nitrogens is 1. The predicted octanol–water partition coefficient (Wildman–Crippen LogP) is 5.11. The van der Waals surface area contributed by atoms with E-state index in [0.717, 1.165) is 34.8 Å². The molecule has 0 aliphatic carbocycles. The van der Waals surface area contributed by atoms with E-state index in [2.05, 4.69) is 28.5 Å². The van der Waals surface area contributed by atoms with Crippen LogP contribution in [0.4, 0.5) is 0 Å². The summed E-state index contributed by atoms with van der Waals surface area (Å²) in [7, 11) is 0. The summed E-state index contributed by atoms with van der Waals surface area (Å²) in [6.07, 6.45) is 3.97. The average Bonchev–Trinajstić information content (AvgIpc) is 3.63. The Hall–Kier alpha value is -3.81. The third-order valence-electron chi connectivity index (χ3n) is 6.35. The maximum atomic E-state index is 13.7. The Kier molecular flexibility index (Phi) is 5.20. The zero-order valence-corrected chi connectivity index (χ0v) is 19.1. The second kappa shape index (κ2) is 8.52. The highest BCUT2D eigenvalue weighted by Crippen LogP contribution is 2.39. The monoisotopic (exact) mass is 466 g/mol. The van der Waals surface area contributed by atoms with Crippen molar-refractivity contribution in [2.45, 2.75) is 25.6 Å². The number of hydrogen-bond acceptors (Lipinski definition) is 6. The summed E-state index contributed by atoms with van der Waals surface area (Å²) < 4.78 is 0. The summed E-state index contributed by atoms with van der Waals surface area (Å²) in [4.78, 5) is 19.5. The maximum absolute atomic E-state index is 13.7. The van der Waals surface area contributed by atoms with Gasteiger partial charge in [-0.25, -0.2) is 5.01 Å². The molecule has 2 N–H and O–H groups in total. The number of fused-ring (bicyclic) bond motifs is 1. The summed E-state index contributed by atoms with van der Waals surface area (Å²) in [6, 6.07) is 20.9. The van der Waals surface area contributed by atoms with Crippen molar-refractivity contribution in [2.75, 3.05) is 0 Å². The van der Waals surface area contributed by atoms with E-state index in [1.165, 1.54) is 27.5 Å². The van der Waals surface area contributed by atoms with Crippen molar-refractivity contribution in [3.05, 3.63) is 106 Å². The van der Waals surface area contributed by atoms with Gasteiger partial charge in [0.2, 0.25) is 0 Å². The lowest BCUT2D eigenvalue weighted by Crippen LogP contribution is -2.26. The van der Waals surface area contributed by atoms with Gasteiger partial charge in [0.25, 0.3) is 5.91 Å². The van der Waals surface area contributed by atoms with Crippen LogP contribution < -0.4 is 5.32 Å². The molecule has 0 radical (unpaired) electrons. The van der Waals surface area contributed by atoms with E-state index in [-0.39, 0.29) is 17.7 Å². The van der Waals surface area contributed by atoms with Crippen molar-refractivity contribution in [3.63, 3.8) is 0 Å². The molecule has 6 rings (SSSR count). The number of carbonyl (C=O) groups excluding carboxylic acids is 1. The molecule has 0 saturated heterocycles. The highest BCUT2D eigenvalue weighted by molar-refractivity contribution is 7.17. The Morgan fingerprint density at radius 3 is 2.74 bits per heavy atom. The lowest BCUT2D eigenvalue weighted by molar-refractivity contribution is 0.0714. The molecule has 0 saturated carbocycles. The first-order valence-electron chi connectivity index (χ1n) is 11.2. The molecular formula is C27H22N4O2S. The van der Waals surface area contributed by atoms with Gasteiger partial charge in [-0.1, -0.05) is 36.4 Å². The summed E-state index contributed by atoms with van der Waals surface area (Å²) in [5.74, 6) is -0.0159. The van der Waals surface area contributed by atoms with E-state index in [1.54, 1.807) is 24.5 Å². The number of hydrazone groups is 1. The number of rotatable bonds is 4. The van der Waals surface area contributed by atoms with Crippen LogP contribution in [0, 0.1) is 0 Å². The van der Waals surface area contributed by atoms with Crippen LogP contribution in [0.5, 0.6) is 5.75 Å². The molecule has 1 atom stereocenters. The molecule has 0 spiro atoms. The second-order valence-corrected chi connectivity index (χ2v) is 9.55. The number of phenols is 1. The number of amides is 1.